The molecule has 1 aliphatic rings. The highest BCUT2D eigenvalue weighted by molar-refractivity contribution is 6.31. The van der Waals surface area contributed by atoms with Crippen LogP contribution in [0.4, 0.5) is 0 Å². The fourth-order valence-electron chi connectivity index (χ4n) is 3.01. The molecular formula is C20H19ClN4O3. The molecule has 4 rings (SSSR count). The highest BCUT2D eigenvalue weighted by atomic mass is 35.5. The summed E-state index contributed by atoms with van der Waals surface area (Å²) in [5.41, 5.74) is 1.18. The monoisotopic (exact) mass is 398 g/mol. The lowest BCUT2D eigenvalue weighted by Gasteiger charge is -2.29. The van der Waals surface area contributed by atoms with E-state index in [1.165, 1.54) is 0 Å². The second kappa shape index (κ2) is 7.90. The smallest absolute Gasteiger partial charge is 0.275 e. The van der Waals surface area contributed by atoms with Crippen LogP contribution < -0.4 is 9.47 Å². The van der Waals surface area contributed by atoms with Crippen molar-refractivity contribution in [3.8, 4) is 11.5 Å². The zero-order chi connectivity index (χ0) is 19.5. The lowest BCUT2D eigenvalue weighted by atomic mass is 10.2. The van der Waals surface area contributed by atoms with Gasteiger partial charge < -0.3 is 14.4 Å². The zero-order valence-corrected chi connectivity index (χ0v) is 16.0. The molecule has 2 aromatic carbocycles. The first-order chi connectivity index (χ1) is 13.6. The van der Waals surface area contributed by atoms with Crippen molar-refractivity contribution in [2.75, 3.05) is 20.2 Å². The average Bonchev–Trinajstić information content (AvgIpc) is 3.17. The molecule has 28 heavy (non-hydrogen) atoms. The Morgan fingerprint density at radius 2 is 1.96 bits per heavy atom. The van der Waals surface area contributed by atoms with Crippen LogP contribution in [0.25, 0.3) is 0 Å². The van der Waals surface area contributed by atoms with E-state index in [4.69, 9.17) is 21.1 Å². The molecule has 0 bridgehead atoms. The number of fused-ring (bicyclic) bond motifs is 1. The molecule has 3 aromatic rings. The predicted octanol–water partition coefficient (Wildman–Crippen LogP) is 2.89. The van der Waals surface area contributed by atoms with Gasteiger partial charge in [0.15, 0.2) is 23.3 Å². The summed E-state index contributed by atoms with van der Waals surface area (Å²) in [4.78, 5) is 14.2. The lowest BCUT2D eigenvalue weighted by Crippen LogP contribution is -2.41. The number of aromatic nitrogens is 3. The summed E-state index contributed by atoms with van der Waals surface area (Å²) in [7, 11) is 1.71. The second-order valence-electron chi connectivity index (χ2n) is 6.58. The van der Waals surface area contributed by atoms with Gasteiger partial charge in [-0.2, -0.15) is 0 Å². The molecule has 1 aromatic heterocycles. The number of ether oxygens (including phenoxy) is 2. The fraction of sp³-hybridized carbons (Fsp3) is 0.250. The molecule has 1 amide bonds. The van der Waals surface area contributed by atoms with Gasteiger partial charge in [-0.15, -0.1) is 5.10 Å². The highest BCUT2D eigenvalue weighted by Crippen LogP contribution is 2.31. The van der Waals surface area contributed by atoms with Gasteiger partial charge in [0.1, 0.15) is 6.61 Å². The van der Waals surface area contributed by atoms with E-state index in [0.717, 1.165) is 11.3 Å². The Morgan fingerprint density at radius 3 is 2.79 bits per heavy atom. The molecule has 2 heterocycles. The van der Waals surface area contributed by atoms with Crippen molar-refractivity contribution in [2.45, 2.75) is 12.6 Å². The molecule has 0 aliphatic carbocycles. The molecule has 1 unspecified atom stereocenters. The van der Waals surface area contributed by atoms with E-state index in [9.17, 15) is 4.79 Å². The molecule has 0 N–H and O–H groups in total. The van der Waals surface area contributed by atoms with Crippen LogP contribution in [0.15, 0.2) is 54.7 Å². The number of amides is 1. The Kier molecular flexibility index (Phi) is 5.16. The molecule has 1 atom stereocenters. The number of rotatable bonds is 5. The van der Waals surface area contributed by atoms with Crippen LogP contribution in [-0.2, 0) is 6.54 Å². The van der Waals surface area contributed by atoms with E-state index in [2.05, 4.69) is 10.3 Å². The minimum Gasteiger partial charge on any atom is -0.486 e. The molecule has 7 nitrogen and oxygen atoms in total. The number of hydrogen-bond donors (Lipinski definition) is 0. The average molecular weight is 399 g/mol. The predicted molar refractivity (Wildman–Crippen MR) is 104 cm³/mol. The Bertz CT molecular complexity index is 991. The van der Waals surface area contributed by atoms with E-state index in [0.29, 0.717) is 30.5 Å². The maximum atomic E-state index is 12.7. The summed E-state index contributed by atoms with van der Waals surface area (Å²) in [5.74, 6) is 1.17. The van der Waals surface area contributed by atoms with Gasteiger partial charge in [-0.25, -0.2) is 4.68 Å². The fourth-order valence-corrected chi connectivity index (χ4v) is 3.21. The first kappa shape index (κ1) is 18.3. The Balaban J connectivity index is 1.38. The molecule has 0 radical (unpaired) electrons. The van der Waals surface area contributed by atoms with Crippen LogP contribution >= 0.6 is 11.6 Å². The molecular weight excluding hydrogens is 380 g/mol. The molecule has 0 fully saturated rings. The third-order valence-corrected chi connectivity index (χ3v) is 4.81. The van der Waals surface area contributed by atoms with E-state index in [-0.39, 0.29) is 17.7 Å². The number of nitrogens with zero attached hydrogens (tertiary/aromatic N) is 4. The van der Waals surface area contributed by atoms with Crippen LogP contribution in [0, 0.1) is 0 Å². The van der Waals surface area contributed by atoms with Crippen molar-refractivity contribution in [3.05, 3.63) is 71.0 Å². The number of carbonyl (C=O) groups excluding carboxylic acids is 1. The summed E-state index contributed by atoms with van der Waals surface area (Å²) in [5, 5.41) is 8.69. The number of likely N-dealkylation sites (N-methyl/N-ethyl adjacent to an activating group) is 1. The summed E-state index contributed by atoms with van der Waals surface area (Å²) < 4.78 is 13.2. The minimum atomic E-state index is -0.248. The van der Waals surface area contributed by atoms with Crippen molar-refractivity contribution >= 4 is 17.5 Å². The largest absolute Gasteiger partial charge is 0.486 e. The van der Waals surface area contributed by atoms with Gasteiger partial charge in [-0.05, 0) is 23.8 Å². The first-order valence-electron chi connectivity index (χ1n) is 8.87. The van der Waals surface area contributed by atoms with E-state index in [1.54, 1.807) is 22.8 Å². The number of para-hydroxylation sites is 2. The summed E-state index contributed by atoms with van der Waals surface area (Å²) in [6, 6.07) is 15.0. The normalized spacial score (nSPS) is 15.3. The summed E-state index contributed by atoms with van der Waals surface area (Å²) in [6.07, 6.45) is 1.37. The van der Waals surface area contributed by atoms with Gasteiger partial charge in [0.05, 0.1) is 19.3 Å². The number of carbonyl (C=O) groups is 1. The quantitative estimate of drug-likeness (QED) is 0.661. The van der Waals surface area contributed by atoms with Gasteiger partial charge in [-0.1, -0.05) is 47.1 Å². The molecule has 0 saturated carbocycles. The maximum absolute atomic E-state index is 12.7. The minimum absolute atomic E-state index is 0.229. The van der Waals surface area contributed by atoms with Gasteiger partial charge in [0.25, 0.3) is 5.91 Å². The van der Waals surface area contributed by atoms with Crippen molar-refractivity contribution < 1.29 is 14.3 Å². The van der Waals surface area contributed by atoms with E-state index < -0.39 is 0 Å². The SMILES string of the molecule is CN(CC1COc2ccccc2O1)C(=O)c1cn(Cc2ccccc2Cl)nn1. The molecule has 144 valence electrons. The number of hydrogen-bond acceptors (Lipinski definition) is 5. The first-order valence-corrected chi connectivity index (χ1v) is 9.25. The lowest BCUT2D eigenvalue weighted by molar-refractivity contribution is 0.0517. The zero-order valence-electron chi connectivity index (χ0n) is 15.3. The van der Waals surface area contributed by atoms with Crippen molar-refractivity contribution in [3.63, 3.8) is 0 Å². The van der Waals surface area contributed by atoms with Gasteiger partial charge in [0.2, 0.25) is 0 Å². The van der Waals surface area contributed by atoms with Crippen LogP contribution in [0.5, 0.6) is 11.5 Å². The van der Waals surface area contributed by atoms with Crippen molar-refractivity contribution in [2.24, 2.45) is 0 Å². The third-order valence-electron chi connectivity index (χ3n) is 4.44. The maximum Gasteiger partial charge on any atom is 0.275 e. The Morgan fingerprint density at radius 1 is 1.21 bits per heavy atom. The molecule has 0 spiro atoms. The Hall–Kier alpha value is -3.06. The van der Waals surface area contributed by atoms with Gasteiger partial charge in [-0.3, -0.25) is 4.79 Å². The standard InChI is InChI=1S/C20H19ClN4O3/c1-24(11-15-13-27-18-8-4-5-9-19(18)28-15)20(26)17-12-25(23-22-17)10-14-6-2-3-7-16(14)21/h2-9,12,15H,10-11,13H2,1H3. The van der Waals surface area contributed by atoms with E-state index >= 15 is 0 Å². The molecule has 8 heteroatoms. The highest BCUT2D eigenvalue weighted by Gasteiger charge is 2.25. The molecule has 1 aliphatic heterocycles. The summed E-state index contributed by atoms with van der Waals surface area (Å²) in [6.45, 7) is 1.21. The molecule has 0 saturated heterocycles. The number of halogens is 1. The number of benzene rings is 2. The third kappa shape index (κ3) is 3.94. The van der Waals surface area contributed by atoms with Gasteiger partial charge >= 0.3 is 0 Å². The topological polar surface area (TPSA) is 69.5 Å². The Labute approximate surface area is 167 Å². The van der Waals surface area contributed by atoms with E-state index in [1.807, 2.05) is 48.5 Å². The van der Waals surface area contributed by atoms with Crippen molar-refractivity contribution in [1.29, 1.82) is 0 Å². The van der Waals surface area contributed by atoms with Crippen LogP contribution in [0.2, 0.25) is 5.02 Å². The second-order valence-corrected chi connectivity index (χ2v) is 6.98. The van der Waals surface area contributed by atoms with Crippen LogP contribution in [0.1, 0.15) is 16.1 Å². The van der Waals surface area contributed by atoms with Crippen LogP contribution in [-0.4, -0.2) is 52.1 Å². The van der Waals surface area contributed by atoms with Crippen LogP contribution in [0.3, 0.4) is 0 Å². The van der Waals surface area contributed by atoms with Crippen molar-refractivity contribution in [1.82, 2.24) is 19.9 Å². The summed E-state index contributed by atoms with van der Waals surface area (Å²) >= 11 is 6.18. The van der Waals surface area contributed by atoms with Gasteiger partial charge in [0, 0.05) is 12.1 Å².